The summed E-state index contributed by atoms with van der Waals surface area (Å²) in [6.07, 6.45) is 18.3. The summed E-state index contributed by atoms with van der Waals surface area (Å²) in [4.78, 5) is 4.68. The van der Waals surface area contributed by atoms with Crippen LogP contribution in [0.3, 0.4) is 0 Å². The first-order chi connectivity index (χ1) is 12.4. The molecule has 0 unspecified atom stereocenters. The molecule has 1 atom stereocenters. The van der Waals surface area contributed by atoms with Gasteiger partial charge < -0.3 is 4.74 Å². The fraction of sp³-hybridized carbons (Fsp3) is 0.522. The lowest BCUT2D eigenvalue weighted by Gasteiger charge is -2.13. The van der Waals surface area contributed by atoms with Crippen LogP contribution in [0.1, 0.15) is 70.5 Å². The molecule has 0 N–H and O–H groups in total. The molecule has 0 aliphatic heterocycles. The Balaban J connectivity index is 2.29. The van der Waals surface area contributed by atoms with E-state index in [0.717, 1.165) is 37.8 Å². The van der Waals surface area contributed by atoms with Crippen LogP contribution in [0.4, 0.5) is 0 Å². The van der Waals surface area contributed by atoms with E-state index in [1.54, 1.807) is 18.4 Å². The Bertz CT molecular complexity index is 616. The van der Waals surface area contributed by atoms with Crippen LogP contribution in [0, 0.1) is 0 Å². The van der Waals surface area contributed by atoms with Gasteiger partial charge in [0.2, 0.25) is 0 Å². The van der Waals surface area contributed by atoms with Crippen LogP contribution in [-0.4, -0.2) is 18.2 Å². The minimum Gasteiger partial charge on any atom is -0.381 e. The molecule has 0 fully saturated rings. The molecule has 0 bridgehead atoms. The molecule has 2 nitrogen and oxygen atoms in total. The van der Waals surface area contributed by atoms with E-state index in [-0.39, 0.29) is 11.5 Å². The number of aromatic nitrogens is 1. The second kappa shape index (κ2) is 12.0. The van der Waals surface area contributed by atoms with Gasteiger partial charge in [0.05, 0.1) is 16.8 Å². The summed E-state index contributed by atoms with van der Waals surface area (Å²) in [7, 11) is 1.77. The molecule has 1 aromatic heterocycles. The zero-order chi connectivity index (χ0) is 19.4. The van der Waals surface area contributed by atoms with Crippen molar-refractivity contribution < 1.29 is 4.74 Å². The monoisotopic (exact) mass is 373 g/mol. The molecule has 1 rings (SSSR count). The average molecular weight is 374 g/mol. The van der Waals surface area contributed by atoms with Crippen LogP contribution in [0.5, 0.6) is 0 Å². The van der Waals surface area contributed by atoms with Gasteiger partial charge in [-0.15, -0.1) is 17.9 Å². The van der Waals surface area contributed by atoms with Gasteiger partial charge in [-0.2, -0.15) is 0 Å². The number of methoxy groups -OCH3 is 1. The molecule has 0 aromatic carbocycles. The number of thiazole rings is 1. The van der Waals surface area contributed by atoms with Gasteiger partial charge in [0.15, 0.2) is 0 Å². The van der Waals surface area contributed by atoms with Crippen LogP contribution in [0.25, 0.3) is 6.08 Å². The molecule has 3 heteroatoms. The Kier molecular flexibility index (Phi) is 10.5. The molecule has 0 saturated carbocycles. The fourth-order valence-electron chi connectivity index (χ4n) is 2.42. The largest absolute Gasteiger partial charge is 0.381 e. The third kappa shape index (κ3) is 9.30. The van der Waals surface area contributed by atoms with Gasteiger partial charge in [-0.3, -0.25) is 0 Å². The summed E-state index contributed by atoms with van der Waals surface area (Å²) in [6, 6.07) is 0. The Morgan fingerprint density at radius 1 is 1.31 bits per heavy atom. The van der Waals surface area contributed by atoms with Crippen LogP contribution >= 0.6 is 11.3 Å². The van der Waals surface area contributed by atoms with Crippen molar-refractivity contribution in [2.75, 3.05) is 7.11 Å². The van der Waals surface area contributed by atoms with Crippen molar-refractivity contribution in [2.45, 2.75) is 71.3 Å². The Hall–Kier alpha value is -1.45. The van der Waals surface area contributed by atoms with Gasteiger partial charge in [-0.1, -0.05) is 56.7 Å². The highest BCUT2D eigenvalue weighted by atomic mass is 32.1. The van der Waals surface area contributed by atoms with Gasteiger partial charge >= 0.3 is 0 Å². The Morgan fingerprint density at radius 3 is 2.65 bits per heavy atom. The van der Waals surface area contributed by atoms with Crippen molar-refractivity contribution in [3.05, 3.63) is 58.6 Å². The molecule has 0 amide bonds. The molecule has 0 aliphatic carbocycles. The molecule has 1 heterocycles. The molecule has 0 aliphatic rings. The second-order valence-electron chi connectivity index (χ2n) is 7.67. The third-order valence-electron chi connectivity index (χ3n) is 4.09. The van der Waals surface area contributed by atoms with Gasteiger partial charge in [0.25, 0.3) is 0 Å². The van der Waals surface area contributed by atoms with Gasteiger partial charge in [0, 0.05) is 17.9 Å². The fourth-order valence-corrected chi connectivity index (χ4v) is 3.30. The van der Waals surface area contributed by atoms with Gasteiger partial charge in [0.1, 0.15) is 0 Å². The van der Waals surface area contributed by atoms with Crippen LogP contribution in [0.15, 0.2) is 47.9 Å². The summed E-state index contributed by atoms with van der Waals surface area (Å²) in [6.45, 7) is 12.6. The molecule has 0 saturated heterocycles. The Morgan fingerprint density at radius 2 is 2.04 bits per heavy atom. The maximum Gasteiger partial charge on any atom is 0.0985 e. The number of rotatable bonds is 11. The summed E-state index contributed by atoms with van der Waals surface area (Å²) in [5, 5.41) is 3.33. The lowest BCUT2D eigenvalue weighted by atomic mass is 9.98. The summed E-state index contributed by atoms with van der Waals surface area (Å²) in [5.41, 5.74) is 2.60. The third-order valence-corrected chi connectivity index (χ3v) is 5.38. The number of unbranched alkanes of at least 4 members (excludes halogenated alkanes) is 1. The van der Waals surface area contributed by atoms with E-state index >= 15 is 0 Å². The zero-order valence-electron chi connectivity index (χ0n) is 17.1. The predicted octanol–water partition coefficient (Wildman–Crippen LogP) is 7.11. The Labute approximate surface area is 164 Å². The van der Waals surface area contributed by atoms with E-state index in [2.05, 4.69) is 75.0 Å². The van der Waals surface area contributed by atoms with Crippen molar-refractivity contribution in [3.8, 4) is 0 Å². The smallest absolute Gasteiger partial charge is 0.0985 e. The molecule has 0 radical (unpaired) electrons. The number of hydrogen-bond acceptors (Lipinski definition) is 3. The minimum absolute atomic E-state index is 0.138. The van der Waals surface area contributed by atoms with E-state index in [1.807, 2.05) is 6.08 Å². The molecule has 0 spiro atoms. The summed E-state index contributed by atoms with van der Waals surface area (Å²) >= 11 is 1.74. The van der Waals surface area contributed by atoms with Crippen molar-refractivity contribution in [3.63, 3.8) is 0 Å². The molecular formula is C23H35NOS. The lowest BCUT2D eigenvalue weighted by molar-refractivity contribution is 0.0981. The summed E-state index contributed by atoms with van der Waals surface area (Å²) in [5.74, 6) is 0. The van der Waals surface area contributed by atoms with E-state index < -0.39 is 0 Å². The molecule has 144 valence electrons. The minimum atomic E-state index is 0.138. The van der Waals surface area contributed by atoms with Crippen LogP contribution < -0.4 is 0 Å². The number of nitrogens with zero attached hydrogens (tertiary/aromatic N) is 1. The number of allylic oxidation sites excluding steroid dienone is 5. The highest BCUT2D eigenvalue weighted by molar-refractivity contribution is 7.09. The SMILES string of the molecule is C=CC[C@@H](CC/C(C)=C/C=C/CC/C=C\c1csc(C(C)(C)C)n1)OC. The van der Waals surface area contributed by atoms with Crippen molar-refractivity contribution in [2.24, 2.45) is 0 Å². The quantitative estimate of drug-likeness (QED) is 0.234. The number of hydrogen-bond donors (Lipinski definition) is 0. The average Bonchev–Trinajstić information content (AvgIpc) is 3.07. The van der Waals surface area contributed by atoms with E-state index in [1.165, 1.54) is 10.6 Å². The first-order valence-electron chi connectivity index (χ1n) is 9.45. The normalized spacial score (nSPS) is 14.4. The topological polar surface area (TPSA) is 22.1 Å². The maximum absolute atomic E-state index is 5.44. The molecule has 1 aromatic rings. The van der Waals surface area contributed by atoms with Crippen LogP contribution in [-0.2, 0) is 10.2 Å². The molecule has 26 heavy (non-hydrogen) atoms. The lowest BCUT2D eigenvalue weighted by Crippen LogP contribution is -2.10. The van der Waals surface area contributed by atoms with Gasteiger partial charge in [-0.05, 0) is 45.1 Å². The van der Waals surface area contributed by atoms with E-state index in [9.17, 15) is 0 Å². The van der Waals surface area contributed by atoms with E-state index in [4.69, 9.17) is 4.74 Å². The van der Waals surface area contributed by atoms with Crippen molar-refractivity contribution >= 4 is 17.4 Å². The first kappa shape index (κ1) is 22.6. The predicted molar refractivity (Wildman–Crippen MR) is 117 cm³/mol. The zero-order valence-corrected chi connectivity index (χ0v) is 17.9. The maximum atomic E-state index is 5.44. The van der Waals surface area contributed by atoms with E-state index in [0.29, 0.717) is 0 Å². The second-order valence-corrected chi connectivity index (χ2v) is 8.53. The standard InChI is InChI=1S/C23H35NOS/c1-7-13-21(25-6)17-16-19(2)14-11-9-8-10-12-15-20-18-26-22(24-20)23(3,4)5/h7,9,11-12,14-15,18,21H,1,8,10,13,16-17H2,2-6H3/b11-9+,15-12-,19-14+/t21-/m0/s1. The number of ether oxygens (including phenoxy) is 1. The van der Waals surface area contributed by atoms with Gasteiger partial charge in [-0.25, -0.2) is 4.98 Å². The molecular weight excluding hydrogens is 338 g/mol. The summed E-state index contributed by atoms with van der Waals surface area (Å²) < 4.78 is 5.44. The first-order valence-corrected chi connectivity index (χ1v) is 10.3. The highest BCUT2D eigenvalue weighted by Crippen LogP contribution is 2.25. The highest BCUT2D eigenvalue weighted by Gasteiger charge is 2.17. The van der Waals surface area contributed by atoms with Crippen LogP contribution in [0.2, 0.25) is 0 Å². The van der Waals surface area contributed by atoms with Crippen molar-refractivity contribution in [1.29, 1.82) is 0 Å². The van der Waals surface area contributed by atoms with Crippen molar-refractivity contribution in [1.82, 2.24) is 4.98 Å².